The lowest BCUT2D eigenvalue weighted by Gasteiger charge is -2.51. The lowest BCUT2D eigenvalue weighted by Crippen LogP contribution is -2.71. The average molecular weight is 909 g/mol. The molecule has 0 aromatic carbocycles. The Morgan fingerprint density at radius 1 is 0.468 bits per heavy atom. The maximum absolute atomic E-state index is 12.5. The lowest BCUT2D eigenvalue weighted by atomic mass is 9.94. The maximum Gasteiger partial charge on any atom is 0.335 e. The molecule has 0 aromatic heterocycles. The summed E-state index contributed by atoms with van der Waals surface area (Å²) in [4.78, 5) is 36.8. The number of rotatable bonds is 14. The molecule has 5 fully saturated rings. The van der Waals surface area contributed by atoms with Gasteiger partial charge in [0.25, 0.3) is 0 Å². The van der Waals surface area contributed by atoms with Crippen molar-refractivity contribution in [2.24, 2.45) is 0 Å². The Bertz CT molecular complexity index is 1500. The quantitative estimate of drug-likeness (QED) is 0.0769. The second kappa shape index (κ2) is 21.2. The average Bonchev–Trinajstić information content (AvgIpc) is 3.21. The van der Waals surface area contributed by atoms with Gasteiger partial charge in [-0.15, -0.1) is 0 Å². The fourth-order valence-electron chi connectivity index (χ4n) is 7.76. The van der Waals surface area contributed by atoms with E-state index < -0.39 is 191 Å². The Morgan fingerprint density at radius 2 is 0.903 bits per heavy atom. The van der Waals surface area contributed by atoms with Crippen molar-refractivity contribution in [3.63, 3.8) is 0 Å². The predicted octanol–water partition coefficient (Wildman–Crippen LogP) is -10.5. The fraction of sp³-hybridized carbons (Fsp3) is 0.912. The van der Waals surface area contributed by atoms with Gasteiger partial charge in [0.05, 0.1) is 25.9 Å². The van der Waals surface area contributed by atoms with E-state index in [-0.39, 0.29) is 0 Å². The summed E-state index contributed by atoms with van der Waals surface area (Å²) in [5, 5.41) is 152. The Hall–Kier alpha value is -2.47. The smallest absolute Gasteiger partial charge is 0.335 e. The Balaban J connectivity index is 1.60. The van der Waals surface area contributed by atoms with Gasteiger partial charge < -0.3 is 125 Å². The molecule has 0 radical (unpaired) electrons. The van der Waals surface area contributed by atoms with E-state index in [4.69, 9.17) is 42.6 Å². The Labute approximate surface area is 350 Å². The summed E-state index contributed by atoms with van der Waals surface area (Å²) in [6, 6.07) is -3.39. The molecular formula is C34H56N2O26. The molecule has 0 bridgehead atoms. The lowest BCUT2D eigenvalue weighted by molar-refractivity contribution is -0.401. The Kier molecular flexibility index (Phi) is 17.3. The minimum atomic E-state index is -2.29. The number of aliphatic hydroxyl groups is 13. The molecule has 28 nitrogen and oxygen atoms in total. The highest BCUT2D eigenvalue weighted by Gasteiger charge is 2.58. The Morgan fingerprint density at radius 3 is 1.45 bits per heavy atom. The number of aliphatic carboxylic acids is 1. The number of carbonyl (C=O) groups excluding carboxylic acids is 2. The number of hydrogen-bond acceptors (Lipinski definition) is 25. The van der Waals surface area contributed by atoms with Crippen LogP contribution in [-0.4, -0.2) is 263 Å². The zero-order valence-corrected chi connectivity index (χ0v) is 33.2. The summed E-state index contributed by atoms with van der Waals surface area (Å²) in [5.74, 6) is -3.45. The normalized spacial score (nSPS) is 48.9. The minimum Gasteiger partial charge on any atom is -0.479 e. The van der Waals surface area contributed by atoms with E-state index in [9.17, 15) is 85.9 Å². The molecule has 62 heavy (non-hydrogen) atoms. The first-order valence-corrected chi connectivity index (χ1v) is 19.4. The van der Waals surface area contributed by atoms with Crippen LogP contribution in [0.15, 0.2) is 0 Å². The van der Waals surface area contributed by atoms with Crippen molar-refractivity contribution in [3.8, 4) is 0 Å². The monoisotopic (exact) mass is 908 g/mol. The molecule has 2 amide bonds. The highest BCUT2D eigenvalue weighted by Crippen LogP contribution is 2.37. The molecule has 5 aliphatic rings. The molecule has 0 unspecified atom stereocenters. The van der Waals surface area contributed by atoms with Gasteiger partial charge in [-0.05, 0) is 6.92 Å². The summed E-state index contributed by atoms with van der Waals surface area (Å²) >= 11 is 0. The van der Waals surface area contributed by atoms with Gasteiger partial charge in [0.1, 0.15) is 110 Å². The summed E-state index contributed by atoms with van der Waals surface area (Å²) in [7, 11) is 0. The third-order valence-corrected chi connectivity index (χ3v) is 11.0. The van der Waals surface area contributed by atoms with E-state index in [1.165, 1.54) is 6.92 Å². The van der Waals surface area contributed by atoms with Gasteiger partial charge in [0, 0.05) is 13.8 Å². The summed E-state index contributed by atoms with van der Waals surface area (Å²) in [6.45, 7) is 0.493. The molecule has 5 aliphatic heterocycles. The van der Waals surface area contributed by atoms with Gasteiger partial charge in [0.2, 0.25) is 11.8 Å². The number of carboxylic acid groups (broad SMARTS) is 1. The molecule has 5 saturated heterocycles. The number of amides is 2. The van der Waals surface area contributed by atoms with Crippen molar-refractivity contribution < 1.29 is 129 Å². The van der Waals surface area contributed by atoms with Crippen LogP contribution in [0.2, 0.25) is 0 Å². The fourth-order valence-corrected chi connectivity index (χ4v) is 7.76. The van der Waals surface area contributed by atoms with Crippen LogP contribution < -0.4 is 10.6 Å². The summed E-state index contributed by atoms with van der Waals surface area (Å²) in [5.41, 5.74) is 0. The van der Waals surface area contributed by atoms with Crippen LogP contribution in [0.4, 0.5) is 0 Å². The first-order chi connectivity index (χ1) is 29.1. The van der Waals surface area contributed by atoms with Gasteiger partial charge in [-0.25, -0.2) is 4.79 Å². The van der Waals surface area contributed by atoms with Crippen LogP contribution in [0.25, 0.3) is 0 Å². The first-order valence-electron chi connectivity index (χ1n) is 19.4. The number of carbonyl (C=O) groups is 3. The standard InChI is InChI=1S/C34H56N2O26/c1-7-24(58-32-22(49)19(46)16(43)11(5-38)56-32)25(14(30(53)54-7)36-9(3)41)59-34-28(62-33-23(50)20(47)21(48)27(61-33)29(51)52)26(17(44)12(6-39)57-34)60-31-13(35-8(2)40)18(45)15(42)10(4-37)55-31/h7,10-28,30-34,37-39,42-50,53H,4-6H2,1-3H3,(H,35,40)(H,36,41)(H,51,52)/t7-,10+,11+,12+,13+,14-,15+,16+,17-,18+,19-,20-,21+,22+,23+,24+,25-,26-,27-,28+,30+,31+,32-,33+,34+/m0/s1. The molecule has 5 rings (SSSR count). The van der Waals surface area contributed by atoms with Crippen LogP contribution in [0.1, 0.15) is 20.8 Å². The number of ether oxygens (including phenoxy) is 9. The number of nitrogens with one attached hydrogen (secondary N) is 2. The SMILES string of the molecule is CC(=O)N[C@H]1[C@@H](O[C@H]2[C@@H](O)[C@@H](CO)O[C@H](O[C@H]3[C@H](NC(C)=O)[C@H](O)O[C@@H](C)[C@H]3O[C@@H]3O[C@H](CO)[C@@H](O)[C@H](O)[C@H]3O)[C@@H]2O[C@H]2O[C@H](C(=O)O)[C@H](O)[C@H](O)[C@H]2O)O[C@H](CO)[C@@H](O)[C@@H]1O. The number of carboxylic acids is 1. The van der Waals surface area contributed by atoms with Crippen molar-refractivity contribution in [1.29, 1.82) is 0 Å². The van der Waals surface area contributed by atoms with E-state index in [2.05, 4.69) is 10.6 Å². The van der Waals surface area contributed by atoms with Gasteiger partial charge in [-0.3, -0.25) is 9.59 Å². The van der Waals surface area contributed by atoms with E-state index in [1.807, 2.05) is 0 Å². The number of aliphatic hydroxyl groups excluding tert-OH is 13. The molecule has 25 atom stereocenters. The van der Waals surface area contributed by atoms with Gasteiger partial charge in [-0.2, -0.15) is 0 Å². The second-order valence-corrected chi connectivity index (χ2v) is 15.4. The van der Waals surface area contributed by atoms with Crippen LogP contribution in [0.5, 0.6) is 0 Å². The molecule has 0 aromatic rings. The van der Waals surface area contributed by atoms with Gasteiger partial charge in [-0.1, -0.05) is 0 Å². The van der Waals surface area contributed by atoms with E-state index in [1.54, 1.807) is 0 Å². The molecule has 0 spiro atoms. The molecule has 0 saturated carbocycles. The van der Waals surface area contributed by atoms with Crippen LogP contribution >= 0.6 is 0 Å². The van der Waals surface area contributed by atoms with Crippen molar-refractivity contribution in [1.82, 2.24) is 10.6 Å². The highest BCUT2D eigenvalue weighted by atomic mass is 16.8. The van der Waals surface area contributed by atoms with Gasteiger partial charge in [0.15, 0.2) is 37.6 Å². The van der Waals surface area contributed by atoms with Crippen molar-refractivity contribution in [2.45, 2.75) is 174 Å². The third kappa shape index (κ3) is 10.6. The van der Waals surface area contributed by atoms with Crippen molar-refractivity contribution in [2.75, 3.05) is 19.8 Å². The van der Waals surface area contributed by atoms with Crippen LogP contribution in [0, 0.1) is 0 Å². The minimum absolute atomic E-state index is 0.802. The largest absolute Gasteiger partial charge is 0.479 e. The molecule has 358 valence electrons. The zero-order valence-electron chi connectivity index (χ0n) is 33.2. The zero-order chi connectivity index (χ0) is 46.1. The van der Waals surface area contributed by atoms with Gasteiger partial charge >= 0.3 is 5.97 Å². The molecule has 0 aliphatic carbocycles. The highest BCUT2D eigenvalue weighted by molar-refractivity contribution is 5.74. The van der Waals surface area contributed by atoms with E-state index in [0.29, 0.717) is 0 Å². The predicted molar refractivity (Wildman–Crippen MR) is 189 cm³/mol. The van der Waals surface area contributed by atoms with Crippen molar-refractivity contribution in [3.05, 3.63) is 0 Å². The van der Waals surface area contributed by atoms with E-state index >= 15 is 0 Å². The summed E-state index contributed by atoms with van der Waals surface area (Å²) in [6.07, 6.45) is -44.9. The molecular weight excluding hydrogens is 852 g/mol. The van der Waals surface area contributed by atoms with Crippen LogP contribution in [-0.2, 0) is 57.0 Å². The molecule has 5 heterocycles. The van der Waals surface area contributed by atoms with Crippen molar-refractivity contribution >= 4 is 17.8 Å². The van der Waals surface area contributed by atoms with Crippen LogP contribution in [0.3, 0.4) is 0 Å². The van der Waals surface area contributed by atoms with E-state index in [0.717, 1.165) is 13.8 Å². The second-order valence-electron chi connectivity index (χ2n) is 15.4. The first kappa shape index (κ1) is 50.5. The maximum atomic E-state index is 12.5. The molecule has 28 heteroatoms. The summed E-state index contributed by atoms with van der Waals surface area (Å²) < 4.78 is 52.3. The molecule has 16 N–H and O–H groups in total. The topological polar surface area (TPSA) is 442 Å². The third-order valence-electron chi connectivity index (χ3n) is 11.0. The number of hydrogen-bond donors (Lipinski definition) is 16.